The molecule has 0 aromatic heterocycles. The van der Waals surface area contributed by atoms with Gasteiger partial charge >= 0.3 is 230 Å². The average molecular weight is 608 g/mol. The van der Waals surface area contributed by atoms with Crippen LogP contribution in [0.15, 0.2) is 38.8 Å². The van der Waals surface area contributed by atoms with Gasteiger partial charge in [-0.3, -0.25) is 0 Å². The zero-order chi connectivity index (χ0) is 26.0. The molecule has 0 saturated heterocycles. The third kappa shape index (κ3) is 10.8. The molecule has 37 heavy (non-hydrogen) atoms. The molecular formula is C32H53Cl3OTi. The molecule has 0 bridgehead atoms. The summed E-state index contributed by atoms with van der Waals surface area (Å²) in [6.07, 6.45) is 15.0. The number of halogens is 3. The van der Waals surface area contributed by atoms with Gasteiger partial charge in [-0.25, -0.2) is 0 Å². The summed E-state index contributed by atoms with van der Waals surface area (Å²) in [5.74, 6) is 1.48. The molecule has 0 fully saturated rings. The molecule has 1 aliphatic carbocycles. The van der Waals surface area contributed by atoms with Crippen molar-refractivity contribution in [2.45, 2.75) is 131 Å². The van der Waals surface area contributed by atoms with Crippen molar-refractivity contribution in [1.82, 2.24) is 0 Å². The van der Waals surface area contributed by atoms with Crippen LogP contribution in [0.25, 0.3) is 0 Å². The van der Waals surface area contributed by atoms with E-state index in [2.05, 4.69) is 60.6 Å². The van der Waals surface area contributed by atoms with Gasteiger partial charge in [0, 0.05) is 0 Å². The van der Waals surface area contributed by atoms with Crippen LogP contribution in [0, 0.1) is 5.92 Å². The summed E-state index contributed by atoms with van der Waals surface area (Å²) in [5, 5.41) is 0.762. The Kier molecular flexibility index (Phi) is 18.3. The van der Waals surface area contributed by atoms with Crippen molar-refractivity contribution in [1.29, 1.82) is 0 Å². The van der Waals surface area contributed by atoms with Gasteiger partial charge in [0.1, 0.15) is 0 Å². The zero-order valence-corrected chi connectivity index (χ0v) is 28.6. The van der Waals surface area contributed by atoms with Crippen molar-refractivity contribution >= 4 is 41.2 Å². The molecule has 1 nitrogen and oxygen atoms in total. The second-order valence-electron chi connectivity index (χ2n) is 11.4. The second-order valence-corrected chi connectivity index (χ2v) is 14.3. The summed E-state index contributed by atoms with van der Waals surface area (Å²) in [7, 11) is 0. The van der Waals surface area contributed by atoms with Crippen molar-refractivity contribution in [2.24, 2.45) is 5.92 Å². The van der Waals surface area contributed by atoms with E-state index in [-0.39, 0.29) is 30.2 Å². The molecule has 1 atom stereocenters. The van der Waals surface area contributed by atoms with Gasteiger partial charge in [0.25, 0.3) is 0 Å². The fraction of sp³-hybridized carbons (Fsp3) is 0.656. The van der Waals surface area contributed by atoms with E-state index in [4.69, 9.17) is 19.7 Å². The average Bonchev–Trinajstić information content (AvgIpc) is 3.09. The van der Waals surface area contributed by atoms with Gasteiger partial charge in [-0.15, -0.1) is 24.8 Å². The normalized spacial score (nSPS) is 15.5. The zero-order valence-electron chi connectivity index (χ0n) is 24.6. The van der Waals surface area contributed by atoms with Crippen LogP contribution in [0.5, 0.6) is 5.75 Å². The van der Waals surface area contributed by atoms with E-state index in [9.17, 15) is 0 Å². The van der Waals surface area contributed by atoms with Gasteiger partial charge in [0.05, 0.1) is 0 Å². The summed E-state index contributed by atoms with van der Waals surface area (Å²) in [5.41, 5.74) is 6.40. The SMILES string of the molecule is Cl.Cl.[CH2]=[Ti]([O]c1cc(Cl)cc(C(C)(C)C)c1)[C]1=C(CCCC)C(CCCC)=C(CCCC)C1CCCC. The summed E-state index contributed by atoms with van der Waals surface area (Å²) in [6, 6.07) is 6.28. The quantitative estimate of drug-likeness (QED) is 0.180. The van der Waals surface area contributed by atoms with E-state index in [0.717, 1.165) is 10.8 Å². The standard InChI is InChI=1S/C21H37.C10H13ClO.CH2.2ClH.Ti/c1-5-9-13-18-17-19(14-10-6-2)21(16-12-8-4)20(18)15-11-7-3;1-10(2,3)7-4-8(11)6-9(12)5-7;;;;/h18H,5-16H2,1-4H3;4-6,12H,1-3H3;1H2;2*1H;/q;;;;;+1/p-1. The van der Waals surface area contributed by atoms with Crippen molar-refractivity contribution in [2.75, 3.05) is 0 Å². The Balaban J connectivity index is 0.00000648. The molecule has 1 aromatic carbocycles. The first-order valence-electron chi connectivity index (χ1n) is 14.3. The van der Waals surface area contributed by atoms with Gasteiger partial charge in [0.15, 0.2) is 0 Å². The Hall–Kier alpha value is -0.0457. The molecule has 5 heteroatoms. The fourth-order valence-corrected chi connectivity index (χ4v) is 8.37. The summed E-state index contributed by atoms with van der Waals surface area (Å²) in [6.45, 7) is 16.0. The third-order valence-corrected chi connectivity index (χ3v) is 10.3. The van der Waals surface area contributed by atoms with E-state index in [0.29, 0.717) is 5.92 Å². The first-order chi connectivity index (χ1) is 16.7. The van der Waals surface area contributed by atoms with Crippen LogP contribution in [-0.4, -0.2) is 4.82 Å². The monoisotopic (exact) mass is 606 g/mol. The van der Waals surface area contributed by atoms with E-state index in [1.54, 1.807) is 20.6 Å². The molecule has 0 N–H and O–H groups in total. The number of allylic oxidation sites excluding steroid dienone is 4. The molecule has 0 radical (unpaired) electrons. The molecule has 212 valence electrons. The summed E-state index contributed by atoms with van der Waals surface area (Å²) < 4.78 is 8.47. The Morgan fingerprint density at radius 2 is 1.35 bits per heavy atom. The van der Waals surface area contributed by atoms with Crippen LogP contribution in [-0.2, 0) is 23.2 Å². The Labute approximate surface area is 252 Å². The number of rotatable bonds is 15. The van der Waals surface area contributed by atoms with Crippen LogP contribution in [0.2, 0.25) is 5.02 Å². The minimum absolute atomic E-state index is 0. The third-order valence-electron chi connectivity index (χ3n) is 7.33. The first kappa shape index (κ1) is 37.0. The predicted molar refractivity (Wildman–Crippen MR) is 168 cm³/mol. The van der Waals surface area contributed by atoms with Crippen molar-refractivity contribution in [3.8, 4) is 5.75 Å². The van der Waals surface area contributed by atoms with Crippen LogP contribution in [0.1, 0.15) is 131 Å². The molecule has 1 unspecified atom stereocenters. The topological polar surface area (TPSA) is 9.23 Å². The Morgan fingerprint density at radius 3 is 1.89 bits per heavy atom. The van der Waals surface area contributed by atoms with Gasteiger partial charge < -0.3 is 0 Å². The van der Waals surface area contributed by atoms with E-state index in [1.165, 1.54) is 82.6 Å². The number of hydrogen-bond donors (Lipinski definition) is 0. The van der Waals surface area contributed by atoms with Crippen LogP contribution in [0.3, 0.4) is 0 Å². The molecule has 0 aliphatic heterocycles. The summed E-state index contributed by atoms with van der Waals surface area (Å²) >= 11 is 4.32. The molecule has 0 saturated carbocycles. The van der Waals surface area contributed by atoms with Crippen molar-refractivity contribution < 1.29 is 21.1 Å². The molecule has 1 aliphatic rings. The Bertz CT molecular complexity index is 911. The van der Waals surface area contributed by atoms with Gasteiger partial charge in [-0.05, 0) is 0 Å². The molecule has 0 spiro atoms. The molecular weight excluding hydrogens is 555 g/mol. The van der Waals surface area contributed by atoms with E-state index < -0.39 is 17.8 Å². The predicted octanol–water partition coefficient (Wildman–Crippen LogP) is 11.8. The first-order valence-corrected chi connectivity index (χ1v) is 17.2. The molecule has 1 aromatic rings. The maximum absolute atomic E-state index is 6.83. The van der Waals surface area contributed by atoms with Crippen LogP contribution < -0.4 is 3.32 Å². The van der Waals surface area contributed by atoms with Gasteiger partial charge in [-0.1, -0.05) is 0 Å². The molecule has 0 heterocycles. The number of benzene rings is 1. The van der Waals surface area contributed by atoms with Crippen molar-refractivity contribution in [3.63, 3.8) is 0 Å². The van der Waals surface area contributed by atoms with Gasteiger partial charge in [-0.2, -0.15) is 0 Å². The second kappa shape index (κ2) is 18.3. The van der Waals surface area contributed by atoms with E-state index >= 15 is 0 Å². The summed E-state index contributed by atoms with van der Waals surface area (Å²) in [4.78, 5) is 4.80. The van der Waals surface area contributed by atoms with Gasteiger partial charge in [0.2, 0.25) is 0 Å². The molecule has 2 rings (SSSR count). The van der Waals surface area contributed by atoms with Crippen LogP contribution in [0.4, 0.5) is 0 Å². The maximum atomic E-state index is 6.83. The van der Waals surface area contributed by atoms with Crippen LogP contribution >= 0.6 is 36.4 Å². The minimum atomic E-state index is -2.23. The fourth-order valence-electron chi connectivity index (χ4n) is 5.29. The Morgan fingerprint density at radius 1 is 0.811 bits per heavy atom. The van der Waals surface area contributed by atoms with E-state index in [1.807, 2.05) is 6.07 Å². The molecule has 0 amide bonds. The number of unbranched alkanes of at least 4 members (excludes halogenated alkanes) is 4. The van der Waals surface area contributed by atoms with Crippen molar-refractivity contribution in [3.05, 3.63) is 49.4 Å². The number of hydrogen-bond acceptors (Lipinski definition) is 1.